The van der Waals surface area contributed by atoms with Gasteiger partial charge in [0.05, 0.1) is 17.6 Å². The van der Waals surface area contributed by atoms with Gasteiger partial charge < -0.3 is 9.47 Å². The van der Waals surface area contributed by atoms with E-state index in [9.17, 15) is 18.0 Å². The summed E-state index contributed by atoms with van der Waals surface area (Å²) in [6.07, 6.45) is -0.287. The van der Waals surface area contributed by atoms with E-state index in [1.54, 1.807) is 30.3 Å². The maximum atomic E-state index is 12.4. The van der Waals surface area contributed by atoms with Gasteiger partial charge in [0.25, 0.3) is 0 Å². The van der Waals surface area contributed by atoms with Crippen LogP contribution in [0, 0.1) is 0 Å². The van der Waals surface area contributed by atoms with Crippen molar-refractivity contribution in [2.45, 2.75) is 11.0 Å². The molecule has 24 heavy (non-hydrogen) atoms. The lowest BCUT2D eigenvalue weighted by molar-refractivity contribution is -0.151. The van der Waals surface area contributed by atoms with Crippen LogP contribution in [0.4, 0.5) is 0 Å². The van der Waals surface area contributed by atoms with Crippen molar-refractivity contribution in [3.8, 4) is 0 Å². The normalized spacial score (nSPS) is 12.2. The Bertz CT molecular complexity index is 842. The lowest BCUT2D eigenvalue weighted by Crippen LogP contribution is -2.22. The molecule has 0 saturated heterocycles. The van der Waals surface area contributed by atoms with Crippen molar-refractivity contribution in [1.82, 2.24) is 0 Å². The highest BCUT2D eigenvalue weighted by atomic mass is 32.2. The van der Waals surface area contributed by atoms with E-state index in [4.69, 9.17) is 4.74 Å². The average molecular weight is 348 g/mol. The Hall–Kier alpha value is -2.67. The summed E-state index contributed by atoms with van der Waals surface area (Å²) in [5.74, 6) is -1.68. The lowest BCUT2D eigenvalue weighted by atomic mass is 10.1. The molecule has 0 fully saturated rings. The molecule has 0 amide bonds. The highest BCUT2D eigenvalue weighted by Crippen LogP contribution is 2.23. The van der Waals surface area contributed by atoms with E-state index in [-0.39, 0.29) is 10.5 Å². The molecule has 2 aromatic rings. The predicted molar refractivity (Wildman–Crippen MR) is 86.2 cm³/mol. The van der Waals surface area contributed by atoms with E-state index in [0.29, 0.717) is 5.56 Å². The molecule has 0 saturated carbocycles. The van der Waals surface area contributed by atoms with Gasteiger partial charge in [-0.1, -0.05) is 42.5 Å². The van der Waals surface area contributed by atoms with Gasteiger partial charge in [-0.2, -0.15) is 0 Å². The quantitative estimate of drug-likeness (QED) is 0.770. The Morgan fingerprint density at radius 2 is 1.54 bits per heavy atom. The number of benzene rings is 2. The Balaban J connectivity index is 2.38. The van der Waals surface area contributed by atoms with Crippen molar-refractivity contribution in [3.05, 3.63) is 65.7 Å². The molecule has 2 aromatic carbocycles. The summed E-state index contributed by atoms with van der Waals surface area (Å²) in [6, 6.07) is 14.0. The third-order valence-electron chi connectivity index (χ3n) is 3.25. The molecule has 0 aliphatic heterocycles. The molecular formula is C17H16O6S. The first-order chi connectivity index (χ1) is 11.3. The monoisotopic (exact) mass is 348 g/mol. The largest absolute Gasteiger partial charge is 0.466 e. The first kappa shape index (κ1) is 17.7. The van der Waals surface area contributed by atoms with Crippen LogP contribution in [-0.2, 0) is 24.1 Å². The molecule has 0 heterocycles. The fourth-order valence-electron chi connectivity index (χ4n) is 2.12. The van der Waals surface area contributed by atoms with Gasteiger partial charge in [0, 0.05) is 11.8 Å². The number of carbonyl (C=O) groups excluding carboxylic acids is 2. The van der Waals surface area contributed by atoms with Gasteiger partial charge >= 0.3 is 11.9 Å². The number of ether oxygens (including phenoxy) is 2. The molecule has 0 aliphatic carbocycles. The molecule has 6 nitrogen and oxygen atoms in total. The molecule has 0 N–H and O–H groups in total. The van der Waals surface area contributed by atoms with Crippen molar-refractivity contribution in [2.75, 3.05) is 13.4 Å². The fourth-order valence-corrected chi connectivity index (χ4v) is 2.99. The number of esters is 2. The smallest absolute Gasteiger partial charge is 0.351 e. The molecule has 2 rings (SSSR count). The molecule has 0 bridgehead atoms. The highest BCUT2D eigenvalue weighted by Gasteiger charge is 2.28. The van der Waals surface area contributed by atoms with Crippen molar-refractivity contribution >= 4 is 21.8 Å². The van der Waals surface area contributed by atoms with E-state index in [2.05, 4.69) is 4.74 Å². The molecule has 0 aromatic heterocycles. The molecule has 1 unspecified atom stereocenters. The third kappa shape index (κ3) is 3.99. The summed E-state index contributed by atoms with van der Waals surface area (Å²) in [7, 11) is -2.44. The Labute approximate surface area is 139 Å². The van der Waals surface area contributed by atoms with Crippen molar-refractivity contribution < 1.29 is 27.5 Å². The van der Waals surface area contributed by atoms with Crippen LogP contribution >= 0.6 is 0 Å². The first-order valence-corrected chi connectivity index (χ1v) is 8.86. The van der Waals surface area contributed by atoms with E-state index >= 15 is 0 Å². The molecule has 7 heteroatoms. The van der Waals surface area contributed by atoms with E-state index in [0.717, 1.165) is 6.26 Å². The zero-order valence-corrected chi connectivity index (χ0v) is 13.9. The standard InChI is InChI=1S/C17H16O6S/c1-22-17(19)15(12-8-4-3-5-9-12)23-16(18)13-10-6-7-11-14(13)24(2,20)21/h3-11,15H,1-2H3. The zero-order valence-electron chi connectivity index (χ0n) is 13.1. The van der Waals surface area contributed by atoms with E-state index < -0.39 is 27.9 Å². The third-order valence-corrected chi connectivity index (χ3v) is 4.40. The Kier molecular flexibility index (Phi) is 5.35. The maximum absolute atomic E-state index is 12.4. The highest BCUT2D eigenvalue weighted by molar-refractivity contribution is 7.90. The molecular weight excluding hydrogens is 332 g/mol. The van der Waals surface area contributed by atoms with Crippen LogP contribution in [0.5, 0.6) is 0 Å². The van der Waals surface area contributed by atoms with Gasteiger partial charge in [0.15, 0.2) is 9.84 Å². The van der Waals surface area contributed by atoms with Gasteiger partial charge in [0.1, 0.15) is 0 Å². The van der Waals surface area contributed by atoms with Crippen molar-refractivity contribution in [2.24, 2.45) is 0 Å². The average Bonchev–Trinajstić information content (AvgIpc) is 2.58. The van der Waals surface area contributed by atoms with Crippen molar-refractivity contribution in [3.63, 3.8) is 0 Å². The van der Waals surface area contributed by atoms with Crippen LogP contribution < -0.4 is 0 Å². The van der Waals surface area contributed by atoms with Crippen LogP contribution in [-0.4, -0.2) is 33.7 Å². The maximum Gasteiger partial charge on any atom is 0.351 e. The SMILES string of the molecule is COC(=O)C(OC(=O)c1ccccc1S(C)(=O)=O)c1ccccc1. The summed E-state index contributed by atoms with van der Waals surface area (Å²) < 4.78 is 33.5. The summed E-state index contributed by atoms with van der Waals surface area (Å²) >= 11 is 0. The number of hydrogen-bond acceptors (Lipinski definition) is 6. The predicted octanol–water partition coefficient (Wildman–Crippen LogP) is 2.16. The Morgan fingerprint density at radius 3 is 2.12 bits per heavy atom. The number of carbonyl (C=O) groups is 2. The summed E-state index contributed by atoms with van der Waals surface area (Å²) in [5.41, 5.74) is 0.291. The number of rotatable bonds is 5. The molecule has 126 valence electrons. The van der Waals surface area contributed by atoms with Crippen LogP contribution in [0.2, 0.25) is 0 Å². The van der Waals surface area contributed by atoms with Gasteiger partial charge in [-0.25, -0.2) is 18.0 Å². The van der Waals surface area contributed by atoms with Gasteiger partial charge in [-0.3, -0.25) is 0 Å². The molecule has 1 atom stereocenters. The van der Waals surface area contributed by atoms with Gasteiger partial charge in [-0.05, 0) is 12.1 Å². The second-order valence-electron chi connectivity index (χ2n) is 4.99. The van der Waals surface area contributed by atoms with Crippen LogP contribution in [0.1, 0.15) is 22.0 Å². The lowest BCUT2D eigenvalue weighted by Gasteiger charge is -2.17. The number of hydrogen-bond donors (Lipinski definition) is 0. The Morgan fingerprint density at radius 1 is 0.958 bits per heavy atom. The fraction of sp³-hybridized carbons (Fsp3) is 0.176. The minimum Gasteiger partial charge on any atom is -0.466 e. The van der Waals surface area contributed by atoms with Crippen LogP contribution in [0.25, 0.3) is 0 Å². The van der Waals surface area contributed by atoms with Crippen LogP contribution in [0.3, 0.4) is 0 Å². The summed E-state index contributed by atoms with van der Waals surface area (Å²) in [5, 5.41) is 0. The second-order valence-corrected chi connectivity index (χ2v) is 6.97. The molecule has 0 radical (unpaired) electrons. The van der Waals surface area contributed by atoms with Gasteiger partial charge in [0.2, 0.25) is 6.10 Å². The molecule has 0 spiro atoms. The first-order valence-electron chi connectivity index (χ1n) is 6.97. The van der Waals surface area contributed by atoms with E-state index in [1.165, 1.54) is 31.4 Å². The summed E-state index contributed by atoms with van der Waals surface area (Å²) in [4.78, 5) is 24.2. The minimum absolute atomic E-state index is 0.134. The van der Waals surface area contributed by atoms with Gasteiger partial charge in [-0.15, -0.1) is 0 Å². The second kappa shape index (κ2) is 7.27. The minimum atomic E-state index is -3.62. The number of methoxy groups -OCH3 is 1. The zero-order chi connectivity index (χ0) is 17.7. The van der Waals surface area contributed by atoms with Crippen LogP contribution in [0.15, 0.2) is 59.5 Å². The van der Waals surface area contributed by atoms with E-state index in [1.807, 2.05) is 0 Å². The summed E-state index contributed by atoms with van der Waals surface area (Å²) in [6.45, 7) is 0. The molecule has 0 aliphatic rings. The van der Waals surface area contributed by atoms with Crippen molar-refractivity contribution in [1.29, 1.82) is 0 Å². The topological polar surface area (TPSA) is 86.7 Å². The number of sulfone groups is 1.